The van der Waals surface area contributed by atoms with Gasteiger partial charge in [-0.25, -0.2) is 0 Å². The van der Waals surface area contributed by atoms with Gasteiger partial charge < -0.3 is 20.1 Å². The number of rotatable bonds is 10. The fourth-order valence-electron chi connectivity index (χ4n) is 3.69. The first-order valence-electron chi connectivity index (χ1n) is 11.1. The van der Waals surface area contributed by atoms with E-state index in [0.29, 0.717) is 12.0 Å². The number of hydrogen-bond acceptors (Lipinski definition) is 4. The number of hydrogen-bond donors (Lipinski definition) is 2. The Bertz CT molecular complexity index is 411. The molecule has 1 unspecified atom stereocenters. The minimum absolute atomic E-state index is 0. The lowest BCUT2D eigenvalue weighted by atomic mass is 9.98. The molecule has 0 aromatic carbocycles. The molecule has 6 nitrogen and oxygen atoms in total. The Morgan fingerprint density at radius 3 is 2.57 bits per heavy atom. The van der Waals surface area contributed by atoms with Crippen molar-refractivity contribution in [1.29, 1.82) is 0 Å². The minimum Gasteiger partial charge on any atom is -0.381 e. The van der Waals surface area contributed by atoms with Crippen molar-refractivity contribution in [2.45, 2.75) is 58.9 Å². The molecule has 0 bridgehead atoms. The summed E-state index contributed by atoms with van der Waals surface area (Å²) in [6, 6.07) is 0.510. The summed E-state index contributed by atoms with van der Waals surface area (Å²) in [5.41, 5.74) is 0. The lowest BCUT2D eigenvalue weighted by molar-refractivity contribution is 0.0203. The number of likely N-dealkylation sites (tertiary alicyclic amines) is 1. The van der Waals surface area contributed by atoms with Gasteiger partial charge in [0.15, 0.2) is 5.96 Å². The Labute approximate surface area is 189 Å². The summed E-state index contributed by atoms with van der Waals surface area (Å²) in [5.74, 6) is 2.49. The van der Waals surface area contributed by atoms with Crippen LogP contribution in [0.1, 0.15) is 52.9 Å². The van der Waals surface area contributed by atoms with Crippen molar-refractivity contribution in [3.63, 3.8) is 0 Å². The second-order valence-electron chi connectivity index (χ2n) is 8.20. The lowest BCUT2D eigenvalue weighted by Gasteiger charge is -2.34. The molecule has 28 heavy (non-hydrogen) atoms. The van der Waals surface area contributed by atoms with Crippen LogP contribution in [0.5, 0.6) is 0 Å². The van der Waals surface area contributed by atoms with Crippen molar-refractivity contribution in [2.75, 3.05) is 59.2 Å². The largest absolute Gasteiger partial charge is 0.381 e. The second kappa shape index (κ2) is 15.7. The highest BCUT2D eigenvalue weighted by Gasteiger charge is 2.20. The number of nitrogens with one attached hydrogen (secondary N) is 2. The predicted molar refractivity (Wildman–Crippen MR) is 128 cm³/mol. The summed E-state index contributed by atoms with van der Waals surface area (Å²) in [7, 11) is 0. The molecule has 0 amide bonds. The predicted octanol–water partition coefficient (Wildman–Crippen LogP) is 3.11. The van der Waals surface area contributed by atoms with Crippen molar-refractivity contribution >= 4 is 29.9 Å². The molecular formula is C21H43IN4O2. The summed E-state index contributed by atoms with van der Waals surface area (Å²) >= 11 is 0. The molecule has 2 saturated heterocycles. The van der Waals surface area contributed by atoms with Gasteiger partial charge in [-0.3, -0.25) is 9.89 Å². The maximum atomic E-state index is 5.84. The molecular weight excluding hydrogens is 467 g/mol. The number of nitrogens with zero attached hydrogens (tertiary/aromatic N) is 2. The molecule has 2 N–H and O–H groups in total. The Morgan fingerprint density at radius 1 is 1.18 bits per heavy atom. The number of halogens is 1. The van der Waals surface area contributed by atoms with Crippen molar-refractivity contribution in [3.8, 4) is 0 Å². The molecule has 2 heterocycles. The van der Waals surface area contributed by atoms with Gasteiger partial charge in [-0.05, 0) is 70.9 Å². The monoisotopic (exact) mass is 510 g/mol. The van der Waals surface area contributed by atoms with Crippen molar-refractivity contribution < 1.29 is 9.47 Å². The Morgan fingerprint density at radius 2 is 1.89 bits per heavy atom. The third-order valence-corrected chi connectivity index (χ3v) is 5.75. The average Bonchev–Trinajstić information content (AvgIpc) is 2.69. The van der Waals surface area contributed by atoms with Crippen LogP contribution < -0.4 is 10.6 Å². The molecule has 2 rings (SSSR count). The number of guanidine groups is 1. The third kappa shape index (κ3) is 10.6. The third-order valence-electron chi connectivity index (χ3n) is 5.75. The van der Waals surface area contributed by atoms with E-state index in [2.05, 4.69) is 36.3 Å². The fourth-order valence-corrected chi connectivity index (χ4v) is 3.69. The van der Waals surface area contributed by atoms with Crippen LogP contribution in [-0.4, -0.2) is 76.1 Å². The van der Waals surface area contributed by atoms with E-state index < -0.39 is 0 Å². The average molecular weight is 511 g/mol. The number of ether oxygens (including phenoxy) is 2. The molecule has 0 radical (unpaired) electrons. The first-order chi connectivity index (χ1) is 13.2. The van der Waals surface area contributed by atoms with Crippen LogP contribution in [0.2, 0.25) is 0 Å². The van der Waals surface area contributed by atoms with E-state index in [1.165, 1.54) is 25.9 Å². The van der Waals surface area contributed by atoms with Gasteiger partial charge in [-0.2, -0.15) is 0 Å². The molecule has 2 aliphatic heterocycles. The highest BCUT2D eigenvalue weighted by atomic mass is 127. The highest BCUT2D eigenvalue weighted by molar-refractivity contribution is 14.0. The van der Waals surface area contributed by atoms with Crippen LogP contribution in [0.15, 0.2) is 4.99 Å². The smallest absolute Gasteiger partial charge is 0.191 e. The van der Waals surface area contributed by atoms with Gasteiger partial charge in [0, 0.05) is 45.6 Å². The molecule has 0 aromatic heterocycles. The van der Waals surface area contributed by atoms with E-state index >= 15 is 0 Å². The summed E-state index contributed by atoms with van der Waals surface area (Å²) < 4.78 is 11.2. The maximum absolute atomic E-state index is 5.84. The zero-order valence-corrected chi connectivity index (χ0v) is 20.6. The van der Waals surface area contributed by atoms with Gasteiger partial charge in [-0.1, -0.05) is 6.92 Å². The van der Waals surface area contributed by atoms with Crippen LogP contribution in [0.4, 0.5) is 0 Å². The van der Waals surface area contributed by atoms with E-state index in [1.807, 2.05) is 0 Å². The molecule has 0 saturated carbocycles. The Kier molecular flexibility index (Phi) is 14.5. The van der Waals surface area contributed by atoms with E-state index in [9.17, 15) is 0 Å². The number of piperidine rings is 1. The number of aliphatic imine (C=N–C) groups is 1. The van der Waals surface area contributed by atoms with E-state index in [4.69, 9.17) is 14.5 Å². The summed E-state index contributed by atoms with van der Waals surface area (Å²) in [6.45, 7) is 15.3. The molecule has 2 aliphatic rings. The van der Waals surface area contributed by atoms with Gasteiger partial charge in [0.1, 0.15) is 0 Å². The van der Waals surface area contributed by atoms with Gasteiger partial charge in [-0.15, -0.1) is 24.0 Å². The van der Waals surface area contributed by atoms with Crippen LogP contribution in [-0.2, 0) is 9.47 Å². The van der Waals surface area contributed by atoms with Gasteiger partial charge >= 0.3 is 0 Å². The summed E-state index contributed by atoms with van der Waals surface area (Å²) in [6.07, 6.45) is 5.93. The van der Waals surface area contributed by atoms with Crippen LogP contribution in [0.3, 0.4) is 0 Å². The Balaban J connectivity index is 0.00000392. The molecule has 2 fully saturated rings. The molecule has 7 heteroatoms. The SMILES string of the molecule is CCNC(=NCC(C)N1CCC(C)CC1)NCCCOCC1CCOCC1.I. The van der Waals surface area contributed by atoms with Crippen molar-refractivity contribution in [3.05, 3.63) is 0 Å². The van der Waals surface area contributed by atoms with Crippen LogP contribution in [0, 0.1) is 11.8 Å². The van der Waals surface area contributed by atoms with E-state index in [1.54, 1.807) is 0 Å². The molecule has 1 atom stereocenters. The topological polar surface area (TPSA) is 58.1 Å². The van der Waals surface area contributed by atoms with Gasteiger partial charge in [0.2, 0.25) is 0 Å². The minimum atomic E-state index is 0. The van der Waals surface area contributed by atoms with Crippen LogP contribution >= 0.6 is 24.0 Å². The molecule has 0 aliphatic carbocycles. The standard InChI is InChI=1S/C21H42N4O2.HI/c1-4-22-21(24-16-19(3)25-11-6-18(2)7-12-25)23-10-5-13-27-17-20-8-14-26-15-9-20;/h18-20H,4-17H2,1-3H3,(H2,22,23,24);1H. The normalized spacial score (nSPS) is 21.2. The summed E-state index contributed by atoms with van der Waals surface area (Å²) in [4.78, 5) is 7.38. The molecule has 0 spiro atoms. The highest BCUT2D eigenvalue weighted by Crippen LogP contribution is 2.18. The van der Waals surface area contributed by atoms with E-state index in [-0.39, 0.29) is 24.0 Å². The quantitative estimate of drug-likeness (QED) is 0.205. The zero-order valence-electron chi connectivity index (χ0n) is 18.3. The van der Waals surface area contributed by atoms with Crippen molar-refractivity contribution in [1.82, 2.24) is 15.5 Å². The zero-order chi connectivity index (χ0) is 19.3. The first kappa shape index (κ1) is 25.9. The lowest BCUT2D eigenvalue weighted by Crippen LogP contribution is -2.43. The second-order valence-corrected chi connectivity index (χ2v) is 8.20. The van der Waals surface area contributed by atoms with E-state index in [0.717, 1.165) is 77.2 Å². The van der Waals surface area contributed by atoms with Crippen LogP contribution in [0.25, 0.3) is 0 Å². The summed E-state index contributed by atoms with van der Waals surface area (Å²) in [5, 5.41) is 6.80. The maximum Gasteiger partial charge on any atom is 0.191 e. The molecule has 0 aromatic rings. The van der Waals surface area contributed by atoms with Gasteiger partial charge in [0.25, 0.3) is 0 Å². The molecule has 166 valence electrons. The first-order valence-corrected chi connectivity index (χ1v) is 11.1. The Hall–Kier alpha value is -0.120. The van der Waals surface area contributed by atoms with Gasteiger partial charge in [0.05, 0.1) is 6.54 Å². The van der Waals surface area contributed by atoms with Crippen molar-refractivity contribution in [2.24, 2.45) is 16.8 Å². The fraction of sp³-hybridized carbons (Fsp3) is 0.952.